The fourth-order valence-electron chi connectivity index (χ4n) is 0.849. The topological polar surface area (TPSA) is 128 Å². The molecular weight excluding hydrogens is 194 g/mol. The van der Waals surface area contributed by atoms with E-state index in [1.54, 1.807) is 0 Å². The highest BCUT2D eigenvalue weighted by atomic mass is 16.6. The lowest BCUT2D eigenvalue weighted by Gasteiger charge is -2.15. The molecule has 0 saturated carbocycles. The molecule has 0 rings (SSSR count). The molecule has 4 N–H and O–H groups in total. The Kier molecular flexibility index (Phi) is 13.5. The maximum absolute atomic E-state index is 8.51. The van der Waals surface area contributed by atoms with Crippen molar-refractivity contribution in [1.29, 1.82) is 0 Å². The molecule has 0 unspecified atom stereocenters. The van der Waals surface area contributed by atoms with Gasteiger partial charge in [-0.15, -0.1) is 0 Å². The summed E-state index contributed by atoms with van der Waals surface area (Å²) in [5.41, 5.74) is 0. The number of carbonyl (C=O) groups is 1. The molecule has 0 aromatic heterocycles. The summed E-state index contributed by atoms with van der Waals surface area (Å²) < 4.78 is 0. The molecule has 0 fully saturated rings. The van der Waals surface area contributed by atoms with Gasteiger partial charge in [0.1, 0.15) is 19.6 Å². The summed E-state index contributed by atoms with van der Waals surface area (Å²) in [4.78, 5) is 9.37. The van der Waals surface area contributed by atoms with Gasteiger partial charge in [-0.2, -0.15) is 0 Å². The number of hydrogen-bond acceptors (Lipinski definition) is 6. The summed E-state index contributed by atoms with van der Waals surface area (Å²) in [5, 5.41) is 42.2. The normalized spacial score (nSPS) is 9.43. The SMILES string of the molecule is O=C([O-])[O-].OCC[NH+](CCO)CCO. The van der Waals surface area contributed by atoms with Crippen molar-refractivity contribution in [2.75, 3.05) is 39.5 Å². The molecule has 0 saturated heterocycles. The second kappa shape index (κ2) is 12.1. The predicted octanol–water partition coefficient (Wildman–Crippen LogP) is -5.60. The first kappa shape index (κ1) is 15.6. The molecule has 0 bridgehead atoms. The van der Waals surface area contributed by atoms with E-state index < -0.39 is 6.16 Å². The van der Waals surface area contributed by atoms with Gasteiger partial charge in [0.25, 0.3) is 0 Å². The highest BCUT2D eigenvalue weighted by Gasteiger charge is 2.03. The van der Waals surface area contributed by atoms with Crippen LogP contribution < -0.4 is 15.1 Å². The van der Waals surface area contributed by atoms with E-state index in [0.717, 1.165) is 4.90 Å². The predicted molar refractivity (Wildman–Crippen MR) is 42.2 cm³/mol. The van der Waals surface area contributed by atoms with Crippen LogP contribution in [0.1, 0.15) is 0 Å². The molecular formula is C7H16NO6-. The Balaban J connectivity index is 0. The fraction of sp³-hybridized carbons (Fsp3) is 0.857. The van der Waals surface area contributed by atoms with E-state index in [1.807, 2.05) is 0 Å². The second-order valence-corrected chi connectivity index (χ2v) is 2.42. The maximum Gasteiger partial charge on any atom is 0.101 e. The largest absolute Gasteiger partial charge is 0.652 e. The van der Waals surface area contributed by atoms with E-state index in [9.17, 15) is 0 Å². The lowest BCUT2D eigenvalue weighted by atomic mass is 10.4. The lowest BCUT2D eigenvalue weighted by Crippen LogP contribution is -3.13. The van der Waals surface area contributed by atoms with Crippen LogP contribution in [0.15, 0.2) is 0 Å². The van der Waals surface area contributed by atoms with Crippen LogP contribution in [0.4, 0.5) is 4.79 Å². The van der Waals surface area contributed by atoms with Crippen molar-refractivity contribution < 1.29 is 35.2 Å². The van der Waals surface area contributed by atoms with Crippen LogP contribution in [0.25, 0.3) is 0 Å². The van der Waals surface area contributed by atoms with Crippen molar-refractivity contribution in [1.82, 2.24) is 0 Å². The van der Waals surface area contributed by atoms with E-state index in [-0.39, 0.29) is 19.8 Å². The van der Waals surface area contributed by atoms with Crippen molar-refractivity contribution >= 4 is 6.16 Å². The lowest BCUT2D eigenvalue weighted by molar-refractivity contribution is -0.901. The van der Waals surface area contributed by atoms with Crippen molar-refractivity contribution in [3.05, 3.63) is 0 Å². The number of carboxylic acid groups (broad SMARTS) is 2. The first-order valence-electron chi connectivity index (χ1n) is 4.12. The van der Waals surface area contributed by atoms with Gasteiger partial charge >= 0.3 is 0 Å². The van der Waals surface area contributed by atoms with Crippen molar-refractivity contribution in [3.8, 4) is 0 Å². The minimum Gasteiger partial charge on any atom is -0.652 e. The van der Waals surface area contributed by atoms with Crippen LogP contribution in [0.3, 0.4) is 0 Å². The smallest absolute Gasteiger partial charge is 0.101 e. The van der Waals surface area contributed by atoms with E-state index >= 15 is 0 Å². The Hall–Kier alpha value is -0.890. The van der Waals surface area contributed by atoms with Gasteiger partial charge in [0, 0.05) is 0 Å². The van der Waals surface area contributed by atoms with Gasteiger partial charge in [0.15, 0.2) is 0 Å². The summed E-state index contributed by atoms with van der Waals surface area (Å²) in [5.74, 6) is 0. The van der Waals surface area contributed by atoms with Crippen molar-refractivity contribution in [2.45, 2.75) is 0 Å². The second-order valence-electron chi connectivity index (χ2n) is 2.42. The zero-order valence-corrected chi connectivity index (χ0v) is 7.81. The Morgan fingerprint density at radius 1 is 0.929 bits per heavy atom. The number of nitrogens with one attached hydrogen (secondary N) is 1. The average molecular weight is 210 g/mol. The molecule has 0 aliphatic carbocycles. The molecule has 0 amide bonds. The van der Waals surface area contributed by atoms with Crippen LogP contribution in [0.2, 0.25) is 0 Å². The van der Waals surface area contributed by atoms with Gasteiger partial charge in [-0.1, -0.05) is 0 Å². The molecule has 0 radical (unpaired) electrons. The molecule has 0 aliphatic heterocycles. The molecule has 7 nitrogen and oxygen atoms in total. The Labute approximate surface area is 81.8 Å². The molecule has 0 aromatic carbocycles. The molecule has 86 valence electrons. The van der Waals surface area contributed by atoms with E-state index in [2.05, 4.69) is 0 Å². The third kappa shape index (κ3) is 17.3. The maximum atomic E-state index is 8.51. The highest BCUT2D eigenvalue weighted by Crippen LogP contribution is 1.52. The van der Waals surface area contributed by atoms with E-state index in [1.165, 1.54) is 0 Å². The molecule has 0 spiro atoms. The summed E-state index contributed by atoms with van der Waals surface area (Å²) in [7, 11) is 0. The Bertz CT molecular complexity index is 113. The molecule has 7 heteroatoms. The quantitative estimate of drug-likeness (QED) is 0.346. The Morgan fingerprint density at radius 3 is 1.29 bits per heavy atom. The first-order valence-corrected chi connectivity index (χ1v) is 4.12. The molecule has 0 atom stereocenters. The molecule has 0 aliphatic rings. The fourth-order valence-corrected chi connectivity index (χ4v) is 0.849. The monoisotopic (exact) mass is 210 g/mol. The number of quaternary nitrogens is 1. The summed E-state index contributed by atoms with van der Waals surface area (Å²) in [6, 6.07) is 0. The summed E-state index contributed by atoms with van der Waals surface area (Å²) >= 11 is 0. The van der Waals surface area contributed by atoms with Gasteiger partial charge in [0.2, 0.25) is 0 Å². The molecule has 14 heavy (non-hydrogen) atoms. The molecule has 0 aromatic rings. The summed E-state index contributed by atoms with van der Waals surface area (Å²) in [6.45, 7) is 2.11. The zero-order chi connectivity index (χ0) is 11.4. The number of aliphatic hydroxyl groups is 3. The van der Waals surface area contributed by atoms with Crippen LogP contribution in [0.5, 0.6) is 0 Å². The van der Waals surface area contributed by atoms with Gasteiger partial charge in [-0.3, -0.25) is 0 Å². The first-order chi connectivity index (χ1) is 6.58. The van der Waals surface area contributed by atoms with Gasteiger partial charge in [0.05, 0.1) is 19.8 Å². The molecule has 0 heterocycles. The van der Waals surface area contributed by atoms with Crippen molar-refractivity contribution in [2.24, 2.45) is 0 Å². The number of hydrogen-bond donors (Lipinski definition) is 4. The summed E-state index contributed by atoms with van der Waals surface area (Å²) in [6.07, 6.45) is -2.33. The number of carbonyl (C=O) groups excluding carboxylic acids is 1. The Morgan fingerprint density at radius 2 is 1.14 bits per heavy atom. The van der Waals surface area contributed by atoms with E-state index in [4.69, 9.17) is 30.3 Å². The van der Waals surface area contributed by atoms with Crippen LogP contribution in [-0.4, -0.2) is 60.9 Å². The van der Waals surface area contributed by atoms with Crippen LogP contribution in [-0.2, 0) is 0 Å². The minimum absolute atomic E-state index is 0.106. The van der Waals surface area contributed by atoms with Gasteiger partial charge in [-0.05, 0) is 6.16 Å². The number of aliphatic hydroxyl groups excluding tert-OH is 3. The third-order valence-electron chi connectivity index (χ3n) is 1.40. The van der Waals surface area contributed by atoms with E-state index in [0.29, 0.717) is 19.6 Å². The van der Waals surface area contributed by atoms with Crippen LogP contribution in [0, 0.1) is 0 Å². The van der Waals surface area contributed by atoms with Gasteiger partial charge in [-0.25, -0.2) is 0 Å². The third-order valence-corrected chi connectivity index (χ3v) is 1.40. The number of rotatable bonds is 6. The zero-order valence-electron chi connectivity index (χ0n) is 7.81. The highest BCUT2D eigenvalue weighted by molar-refractivity contribution is 5.47. The standard InChI is InChI=1S/C6H15NO3.CH2O3/c8-4-1-7(2-5-9)3-6-10;2-1(3)4/h8-10H,1-6H2;(H2,2,3,4)/p-1. The van der Waals surface area contributed by atoms with Crippen LogP contribution >= 0.6 is 0 Å². The van der Waals surface area contributed by atoms with Gasteiger partial charge < -0.3 is 35.2 Å². The van der Waals surface area contributed by atoms with Crippen molar-refractivity contribution in [3.63, 3.8) is 0 Å². The average Bonchev–Trinajstić information content (AvgIpc) is 2.04. The minimum atomic E-state index is -2.33.